The second-order valence-electron chi connectivity index (χ2n) is 3.89. The van der Waals surface area contributed by atoms with Crippen molar-refractivity contribution in [3.8, 4) is 11.5 Å². The van der Waals surface area contributed by atoms with Crippen LogP contribution in [0, 0.1) is 11.6 Å². The van der Waals surface area contributed by atoms with Gasteiger partial charge >= 0.3 is 7.12 Å². The number of rotatable bonds is 3. The van der Waals surface area contributed by atoms with E-state index < -0.39 is 12.9 Å². The highest BCUT2D eigenvalue weighted by molar-refractivity contribution is 6.59. The van der Waals surface area contributed by atoms with Gasteiger partial charge in [-0.3, -0.25) is 0 Å². The minimum absolute atomic E-state index is 0.130. The maximum absolute atomic E-state index is 12.9. The molecule has 0 spiro atoms. The number of benzene rings is 2. The molecule has 2 aromatic rings. The lowest BCUT2D eigenvalue weighted by molar-refractivity contribution is 0.399. The fourth-order valence-corrected chi connectivity index (χ4v) is 1.54. The summed E-state index contributed by atoms with van der Waals surface area (Å²) in [5.74, 6) is -0.279. The highest BCUT2D eigenvalue weighted by atomic mass is 19.1. The summed E-state index contributed by atoms with van der Waals surface area (Å²) >= 11 is 0. The molecule has 21 heavy (non-hydrogen) atoms. The van der Waals surface area contributed by atoms with Gasteiger partial charge in [0.1, 0.15) is 23.1 Å². The zero-order valence-electron chi connectivity index (χ0n) is 11.6. The first-order valence-corrected chi connectivity index (χ1v) is 5.97. The Morgan fingerprint density at radius 3 is 2.05 bits per heavy atom. The molecule has 4 nitrogen and oxygen atoms in total. The van der Waals surface area contributed by atoms with Crippen LogP contribution in [0.1, 0.15) is 0 Å². The largest absolute Gasteiger partial charge is 0.497 e. The summed E-state index contributed by atoms with van der Waals surface area (Å²) in [5, 5.41) is 17.5. The zero-order chi connectivity index (χ0) is 15.8. The van der Waals surface area contributed by atoms with Crippen molar-refractivity contribution in [2.75, 3.05) is 14.2 Å². The van der Waals surface area contributed by atoms with E-state index in [1.165, 1.54) is 38.5 Å². The van der Waals surface area contributed by atoms with E-state index in [-0.39, 0.29) is 17.0 Å². The molecule has 0 bridgehead atoms. The lowest BCUT2D eigenvalue weighted by atomic mass is 9.79. The predicted molar refractivity (Wildman–Crippen MR) is 75.7 cm³/mol. The van der Waals surface area contributed by atoms with Gasteiger partial charge in [-0.15, -0.1) is 0 Å². The lowest BCUT2D eigenvalue weighted by Gasteiger charge is -2.07. The zero-order valence-corrected chi connectivity index (χ0v) is 11.6. The maximum Gasteiger partial charge on any atom is 0.495 e. The molecule has 0 saturated carbocycles. The Labute approximate surface area is 121 Å². The van der Waals surface area contributed by atoms with Gasteiger partial charge in [-0.25, -0.2) is 8.78 Å². The highest BCUT2D eigenvalue weighted by Crippen LogP contribution is 2.10. The average Bonchev–Trinajstić information content (AvgIpc) is 2.47. The Morgan fingerprint density at radius 1 is 0.952 bits per heavy atom. The summed E-state index contributed by atoms with van der Waals surface area (Å²) < 4.78 is 34.6. The van der Waals surface area contributed by atoms with Gasteiger partial charge in [0.2, 0.25) is 0 Å². The van der Waals surface area contributed by atoms with Crippen molar-refractivity contribution < 1.29 is 28.3 Å². The van der Waals surface area contributed by atoms with E-state index in [2.05, 4.69) is 0 Å². The summed E-state index contributed by atoms with van der Waals surface area (Å²) in [4.78, 5) is 0. The van der Waals surface area contributed by atoms with E-state index in [1.807, 2.05) is 0 Å². The Hall–Kier alpha value is -2.12. The molecule has 7 heteroatoms. The Morgan fingerprint density at radius 2 is 1.62 bits per heavy atom. The lowest BCUT2D eigenvalue weighted by Crippen LogP contribution is -2.33. The monoisotopic (exact) mass is 296 g/mol. The molecule has 0 fully saturated rings. The number of hydrogen-bond acceptors (Lipinski definition) is 4. The fraction of sp³-hybridized carbons (Fsp3) is 0.143. The molecule has 2 N–H and O–H groups in total. The summed E-state index contributed by atoms with van der Waals surface area (Å²) in [7, 11) is 0.997. The molecule has 0 saturated heterocycles. The van der Waals surface area contributed by atoms with E-state index >= 15 is 0 Å². The van der Waals surface area contributed by atoms with Crippen LogP contribution >= 0.6 is 0 Å². The third-order valence-corrected chi connectivity index (χ3v) is 2.52. The van der Waals surface area contributed by atoms with Crippen molar-refractivity contribution in [1.29, 1.82) is 0 Å². The molecular weight excluding hydrogens is 281 g/mol. The van der Waals surface area contributed by atoms with E-state index in [1.54, 1.807) is 12.1 Å². The summed E-state index contributed by atoms with van der Waals surface area (Å²) in [6.07, 6.45) is 0. The second-order valence-corrected chi connectivity index (χ2v) is 3.89. The van der Waals surface area contributed by atoms with Crippen molar-refractivity contribution >= 4 is 12.6 Å². The molecule has 0 aromatic heterocycles. The first-order valence-electron chi connectivity index (χ1n) is 5.97. The van der Waals surface area contributed by atoms with Gasteiger partial charge in [0.15, 0.2) is 0 Å². The Kier molecular flexibility index (Phi) is 6.64. The molecule has 0 heterocycles. The molecule has 2 rings (SSSR count). The third-order valence-electron chi connectivity index (χ3n) is 2.52. The fourth-order valence-electron chi connectivity index (χ4n) is 1.54. The molecule has 0 atom stereocenters. The Bertz CT molecular complexity index is 579. The van der Waals surface area contributed by atoms with Crippen molar-refractivity contribution in [3.05, 3.63) is 54.1 Å². The molecule has 0 aliphatic carbocycles. The van der Waals surface area contributed by atoms with Crippen molar-refractivity contribution in [1.82, 2.24) is 0 Å². The van der Waals surface area contributed by atoms with Crippen LogP contribution in [0.4, 0.5) is 8.78 Å². The number of halogens is 2. The van der Waals surface area contributed by atoms with Gasteiger partial charge in [-0.1, -0.05) is 12.1 Å². The van der Waals surface area contributed by atoms with Crippen LogP contribution < -0.4 is 14.9 Å². The molecular formula is C14H15BF2O4. The van der Waals surface area contributed by atoms with E-state index in [0.717, 1.165) is 6.07 Å². The molecule has 0 amide bonds. The molecule has 0 aliphatic heterocycles. The molecule has 2 aromatic carbocycles. The summed E-state index contributed by atoms with van der Waals surface area (Å²) in [6.45, 7) is 0. The van der Waals surface area contributed by atoms with Crippen LogP contribution in [-0.2, 0) is 0 Å². The van der Waals surface area contributed by atoms with Gasteiger partial charge < -0.3 is 19.5 Å². The molecule has 0 aliphatic rings. The maximum atomic E-state index is 12.9. The SMILES string of the molecule is COc1cccc(F)c1.COc1cccc(F)c1B(O)O. The summed E-state index contributed by atoms with van der Waals surface area (Å²) in [6, 6.07) is 10.0. The van der Waals surface area contributed by atoms with Gasteiger partial charge in [-0.05, 0) is 24.3 Å². The van der Waals surface area contributed by atoms with Gasteiger partial charge in [0, 0.05) is 6.07 Å². The standard InChI is InChI=1S/C7H8BFO3.C7H7FO/c1-12-6-4-2-3-5(9)7(6)8(10)11;1-9-7-4-2-3-6(8)5-7/h2-4,10-11H,1H3;2-5H,1H3. The molecule has 0 unspecified atom stereocenters. The van der Waals surface area contributed by atoms with Crippen molar-refractivity contribution in [2.45, 2.75) is 0 Å². The molecule has 112 valence electrons. The number of ether oxygens (including phenoxy) is 2. The van der Waals surface area contributed by atoms with Crippen molar-refractivity contribution in [3.63, 3.8) is 0 Å². The van der Waals surface area contributed by atoms with Crippen LogP contribution in [0.15, 0.2) is 42.5 Å². The predicted octanol–water partition coefficient (Wildman–Crippen LogP) is 1.35. The first-order chi connectivity index (χ1) is 9.99. The molecule has 0 radical (unpaired) electrons. The van der Waals surface area contributed by atoms with Crippen LogP contribution in [-0.4, -0.2) is 31.4 Å². The number of methoxy groups -OCH3 is 2. The van der Waals surface area contributed by atoms with Gasteiger partial charge in [-0.2, -0.15) is 0 Å². The smallest absolute Gasteiger partial charge is 0.495 e. The van der Waals surface area contributed by atoms with Crippen LogP contribution in [0.25, 0.3) is 0 Å². The van der Waals surface area contributed by atoms with Crippen LogP contribution in [0.3, 0.4) is 0 Å². The normalized spacial score (nSPS) is 9.43. The quantitative estimate of drug-likeness (QED) is 0.839. The number of hydrogen-bond donors (Lipinski definition) is 2. The Balaban J connectivity index is 0.000000219. The average molecular weight is 296 g/mol. The van der Waals surface area contributed by atoms with E-state index in [4.69, 9.17) is 19.5 Å². The topological polar surface area (TPSA) is 58.9 Å². The van der Waals surface area contributed by atoms with E-state index in [9.17, 15) is 8.78 Å². The minimum atomic E-state index is -1.85. The van der Waals surface area contributed by atoms with Gasteiger partial charge in [0.25, 0.3) is 0 Å². The third kappa shape index (κ3) is 5.05. The first kappa shape index (κ1) is 16.9. The second kappa shape index (κ2) is 8.23. The highest BCUT2D eigenvalue weighted by Gasteiger charge is 2.21. The summed E-state index contributed by atoms with van der Waals surface area (Å²) in [5.41, 5.74) is -0.236. The van der Waals surface area contributed by atoms with Crippen LogP contribution in [0.2, 0.25) is 0 Å². The van der Waals surface area contributed by atoms with E-state index in [0.29, 0.717) is 5.75 Å². The van der Waals surface area contributed by atoms with Crippen LogP contribution in [0.5, 0.6) is 11.5 Å². The minimum Gasteiger partial charge on any atom is -0.497 e. The van der Waals surface area contributed by atoms with Crippen molar-refractivity contribution in [2.24, 2.45) is 0 Å². The van der Waals surface area contributed by atoms with Gasteiger partial charge in [0.05, 0.1) is 19.7 Å².